The number of rotatable bonds is 9. The van der Waals surface area contributed by atoms with Crippen molar-refractivity contribution < 1.29 is 38.1 Å². The molecule has 58 heavy (non-hydrogen) atoms. The molecule has 12 nitrogen and oxygen atoms in total. The number of hydrogen-bond donors (Lipinski definition) is 3. The van der Waals surface area contributed by atoms with Crippen molar-refractivity contribution in [3.63, 3.8) is 0 Å². The van der Waals surface area contributed by atoms with Gasteiger partial charge in [0, 0.05) is 40.3 Å². The number of nitrogens with zero attached hydrogens (tertiary/aromatic N) is 2. The number of carbonyl (C=O) groups is 3. The molecule has 2 saturated carbocycles. The number of carbonyl (C=O) groups excluding carboxylic acids is 3. The van der Waals surface area contributed by atoms with Crippen LogP contribution in [-0.4, -0.2) is 75.9 Å². The fourth-order valence-corrected chi connectivity index (χ4v) is 12.2. The highest BCUT2D eigenvalue weighted by Crippen LogP contribution is 2.71. The minimum Gasteiger partial charge on any atom is -0.497 e. The Morgan fingerprint density at radius 2 is 1.83 bits per heavy atom. The molecule has 4 heterocycles. The lowest BCUT2D eigenvalue weighted by molar-refractivity contribution is -0.140. The van der Waals surface area contributed by atoms with Gasteiger partial charge in [0.2, 0.25) is 19.2 Å². The van der Waals surface area contributed by atoms with Gasteiger partial charge in [-0.3, -0.25) is 14.2 Å². The zero-order chi connectivity index (χ0) is 40.3. The average molecular weight is 827 g/mol. The minimum atomic E-state index is -4.00. The smallest absolute Gasteiger partial charge is 0.408 e. The summed E-state index contributed by atoms with van der Waals surface area (Å²) >= 11 is 1.41. The van der Waals surface area contributed by atoms with E-state index in [0.717, 1.165) is 60.8 Å². The summed E-state index contributed by atoms with van der Waals surface area (Å²) in [4.78, 5) is 61.7. The van der Waals surface area contributed by atoms with Crippen LogP contribution in [0.2, 0.25) is 0 Å². The molecule has 0 radical (unpaired) electrons. The lowest BCUT2D eigenvalue weighted by atomic mass is 10.0. The van der Waals surface area contributed by atoms with Crippen molar-refractivity contribution in [1.82, 2.24) is 20.5 Å². The van der Waals surface area contributed by atoms with Crippen molar-refractivity contribution in [2.24, 2.45) is 5.92 Å². The first-order valence-electron chi connectivity index (χ1n) is 20.4. The van der Waals surface area contributed by atoms with Crippen LogP contribution in [0.5, 0.6) is 11.5 Å². The van der Waals surface area contributed by atoms with Crippen molar-refractivity contribution in [3.8, 4) is 22.8 Å². The monoisotopic (exact) mass is 826 g/mol. The van der Waals surface area contributed by atoms with E-state index >= 15 is 0 Å². The maximum absolute atomic E-state index is 14.8. The first kappa shape index (κ1) is 40.1. The topological polar surface area (TPSA) is 156 Å². The van der Waals surface area contributed by atoms with E-state index in [1.54, 1.807) is 7.11 Å². The Morgan fingerprint density at radius 1 is 1.02 bits per heavy atom. The molecule has 3 amide bonds. The second kappa shape index (κ2) is 17.3. The highest BCUT2D eigenvalue weighted by molar-refractivity contribution is 7.59. The Kier molecular flexibility index (Phi) is 11.9. The van der Waals surface area contributed by atoms with Crippen LogP contribution in [0.15, 0.2) is 84.3 Å². The van der Waals surface area contributed by atoms with Gasteiger partial charge in [0.15, 0.2) is 0 Å². The van der Waals surface area contributed by atoms with Crippen molar-refractivity contribution in [3.05, 3.63) is 89.1 Å². The molecule has 1 saturated heterocycles. The average Bonchev–Trinajstić information content (AvgIpc) is 3.68. The molecule has 6 atom stereocenters. The molecule has 306 valence electrons. The predicted molar refractivity (Wildman–Crippen MR) is 223 cm³/mol. The molecular weight excluding hydrogens is 776 g/mol. The van der Waals surface area contributed by atoms with E-state index in [1.807, 2.05) is 84.3 Å². The van der Waals surface area contributed by atoms with Crippen LogP contribution < -0.4 is 20.1 Å². The van der Waals surface area contributed by atoms with E-state index < -0.39 is 48.7 Å². The highest BCUT2D eigenvalue weighted by atomic mass is 32.1. The molecule has 0 bridgehead atoms. The first-order valence-corrected chi connectivity index (χ1v) is 23.2. The Balaban J connectivity index is 1.13. The first-order chi connectivity index (χ1) is 28.1. The summed E-state index contributed by atoms with van der Waals surface area (Å²) in [7, 11) is -2.40. The van der Waals surface area contributed by atoms with E-state index in [4.69, 9.17) is 19.2 Å². The van der Waals surface area contributed by atoms with Gasteiger partial charge in [0.25, 0.3) is 0 Å². The van der Waals surface area contributed by atoms with E-state index in [-0.39, 0.29) is 31.1 Å². The number of pyridine rings is 1. The second-order valence-corrected chi connectivity index (χ2v) is 19.5. The summed E-state index contributed by atoms with van der Waals surface area (Å²) in [5.74, 6) is -0.0955. The van der Waals surface area contributed by atoms with E-state index in [9.17, 15) is 23.8 Å². The zero-order valence-electron chi connectivity index (χ0n) is 32.7. The van der Waals surface area contributed by atoms with Crippen LogP contribution in [0.25, 0.3) is 22.2 Å². The largest absolute Gasteiger partial charge is 0.497 e. The molecule has 2 aromatic heterocycles. The molecule has 2 aliphatic heterocycles. The van der Waals surface area contributed by atoms with Gasteiger partial charge in [-0.05, 0) is 74.9 Å². The van der Waals surface area contributed by atoms with Crippen molar-refractivity contribution >= 4 is 47.5 Å². The molecular formula is C44H51N4O8PS. The maximum atomic E-state index is 14.8. The summed E-state index contributed by atoms with van der Waals surface area (Å²) < 4.78 is 32.4. The fraction of sp³-hybridized carbons (Fsp3) is 0.455. The molecule has 3 fully saturated rings. The maximum Gasteiger partial charge on any atom is 0.408 e. The number of alkyl carbamates (subject to hydrolysis) is 1. The van der Waals surface area contributed by atoms with Gasteiger partial charge < -0.3 is 34.6 Å². The van der Waals surface area contributed by atoms with E-state index in [1.165, 1.54) is 16.2 Å². The number of benzene rings is 2. The van der Waals surface area contributed by atoms with Crippen molar-refractivity contribution in [2.45, 2.75) is 106 Å². The summed E-state index contributed by atoms with van der Waals surface area (Å²) in [6.07, 6.45) is 9.95. The number of fused-ring (bicyclic) bond motifs is 3. The van der Waals surface area contributed by atoms with Gasteiger partial charge >= 0.3 is 6.09 Å². The van der Waals surface area contributed by atoms with Crippen LogP contribution in [0.4, 0.5) is 4.79 Å². The van der Waals surface area contributed by atoms with Crippen LogP contribution in [-0.2, 0) is 25.1 Å². The normalized spacial score (nSPS) is 27.0. The van der Waals surface area contributed by atoms with Crippen LogP contribution >= 0.6 is 18.7 Å². The Bertz CT molecular complexity index is 2200. The van der Waals surface area contributed by atoms with Crippen molar-refractivity contribution in [2.75, 3.05) is 13.7 Å². The summed E-state index contributed by atoms with van der Waals surface area (Å²) in [6, 6.07) is 18.9. The number of hydrogen-bond acceptors (Lipinski definition) is 9. The van der Waals surface area contributed by atoms with Gasteiger partial charge in [-0.1, -0.05) is 61.4 Å². The number of ether oxygens (including phenoxy) is 3. The van der Waals surface area contributed by atoms with Crippen LogP contribution in [0, 0.1) is 5.92 Å². The predicted octanol–water partition coefficient (Wildman–Crippen LogP) is 8.18. The Morgan fingerprint density at radius 3 is 2.60 bits per heavy atom. The number of amides is 3. The molecule has 3 N–H and O–H groups in total. The van der Waals surface area contributed by atoms with Gasteiger partial charge in [-0.15, -0.1) is 11.3 Å². The number of methoxy groups -OCH3 is 1. The fourth-order valence-electron chi connectivity index (χ4n) is 8.74. The summed E-state index contributed by atoms with van der Waals surface area (Å²) in [5, 5.41) is 7.16. The molecule has 0 spiro atoms. The number of allylic oxidation sites excluding steroid dienone is 1. The molecule has 14 heteroatoms. The minimum absolute atomic E-state index is 0.0513. The molecule has 4 aliphatic rings. The molecule has 2 aliphatic carbocycles. The third-order valence-corrected chi connectivity index (χ3v) is 15.7. The van der Waals surface area contributed by atoms with Crippen molar-refractivity contribution in [1.29, 1.82) is 0 Å². The third-order valence-electron chi connectivity index (χ3n) is 12.0. The molecule has 2 aromatic carbocycles. The standard InChI is InChI=1S/C44H51N4O8PS/c1-54-32-20-21-35-38(23-32)45-37(29-13-6-5-7-14-29)25-40(35)55-33-24-39-41(49)47-44(57(52,53)28-34-18-12-22-58-34)26-30(44)15-8-3-2-4-9-19-36(42(50)48(39)27-33)46-43(51)56-31-16-10-11-17-31/h5-8,12-15,18,20-23,25,30-31,33,36,39H,2-4,9-11,16-17,19,24,26-28H2,1H3,(H,46,51)(H,47,49)(H,52,53)/b15-8-/t30-,33+,36-,39-,44-/m0/s1. The Labute approximate surface area is 342 Å². The summed E-state index contributed by atoms with van der Waals surface area (Å²) in [5.41, 5.74) is 2.22. The highest BCUT2D eigenvalue weighted by Gasteiger charge is 2.66. The second-order valence-electron chi connectivity index (χ2n) is 16.0. The van der Waals surface area contributed by atoms with Gasteiger partial charge in [-0.25, -0.2) is 9.78 Å². The van der Waals surface area contributed by atoms with Gasteiger partial charge in [0.05, 0.1) is 31.0 Å². The zero-order valence-corrected chi connectivity index (χ0v) is 34.4. The lowest BCUT2D eigenvalue weighted by Gasteiger charge is -2.31. The molecule has 4 aromatic rings. The number of nitrogens with one attached hydrogen (secondary N) is 2. The lowest BCUT2D eigenvalue weighted by Crippen LogP contribution is -2.55. The quantitative estimate of drug-likeness (QED) is 0.112. The van der Waals surface area contributed by atoms with E-state index in [0.29, 0.717) is 42.0 Å². The third kappa shape index (κ3) is 8.67. The van der Waals surface area contributed by atoms with Gasteiger partial charge in [0.1, 0.15) is 41.1 Å². The van der Waals surface area contributed by atoms with E-state index in [2.05, 4.69) is 10.6 Å². The van der Waals surface area contributed by atoms with Crippen LogP contribution in [0.1, 0.15) is 75.5 Å². The van der Waals surface area contributed by atoms with Crippen LogP contribution in [0.3, 0.4) is 0 Å². The number of thiophene rings is 1. The summed E-state index contributed by atoms with van der Waals surface area (Å²) in [6.45, 7) is 0.0513. The van der Waals surface area contributed by atoms with Gasteiger partial charge in [-0.2, -0.15) is 0 Å². The Hall–Kier alpha value is -4.71. The molecule has 1 unspecified atom stereocenters. The molecule has 8 rings (SSSR count). The SMILES string of the molecule is COc1ccc2c(O[C@@H]3C[C@H]4C(=O)N[C@]5(P(=O)(O)Cc6cccs6)C[C@@H]5/C=C\CCCCC[C@H](NC(=O)OC5CCCC5)C(=O)N4C3)cc(-c3ccccc3)nc2c1. The number of aromatic nitrogens is 1.